The van der Waals surface area contributed by atoms with E-state index in [-0.39, 0.29) is 0 Å². The van der Waals surface area contributed by atoms with E-state index >= 15 is 0 Å². The average Bonchev–Trinajstić information content (AvgIpc) is 3.13. The predicted molar refractivity (Wildman–Crippen MR) is 116 cm³/mol. The van der Waals surface area contributed by atoms with Crippen LogP contribution in [-0.4, -0.2) is 38.6 Å². The van der Waals surface area contributed by atoms with Crippen LogP contribution in [0.25, 0.3) is 11.3 Å². The Morgan fingerprint density at radius 2 is 2.10 bits per heavy atom. The number of rotatable bonds is 9. The van der Waals surface area contributed by atoms with Crippen LogP contribution < -0.4 is 15.4 Å². The zero-order valence-corrected chi connectivity index (χ0v) is 17.3. The van der Waals surface area contributed by atoms with Gasteiger partial charge in [0.1, 0.15) is 5.69 Å². The number of aromatic nitrogens is 4. The molecule has 152 valence electrons. The Morgan fingerprint density at radius 1 is 1.28 bits per heavy atom. The minimum Gasteiger partial charge on any atom is -0.477 e. The molecule has 0 radical (unpaired) electrons. The van der Waals surface area contributed by atoms with Gasteiger partial charge in [0, 0.05) is 38.1 Å². The summed E-state index contributed by atoms with van der Waals surface area (Å²) in [6, 6.07) is 5.76. The van der Waals surface area contributed by atoms with Crippen molar-refractivity contribution in [2.24, 2.45) is 7.05 Å². The molecule has 3 N–H and O–H groups in total. The molecule has 0 aromatic carbocycles. The highest BCUT2D eigenvalue weighted by Crippen LogP contribution is 2.34. The van der Waals surface area contributed by atoms with E-state index in [1.54, 1.807) is 17.8 Å². The summed E-state index contributed by atoms with van der Waals surface area (Å²) in [7, 11) is 1.90. The summed E-state index contributed by atoms with van der Waals surface area (Å²) >= 11 is 0. The largest absolute Gasteiger partial charge is 0.477 e. The van der Waals surface area contributed by atoms with Crippen molar-refractivity contribution in [2.75, 3.05) is 23.8 Å². The summed E-state index contributed by atoms with van der Waals surface area (Å²) in [5.41, 5.74) is 5.24. The van der Waals surface area contributed by atoms with E-state index in [2.05, 4.69) is 20.7 Å². The number of hydrogen-bond acceptors (Lipinski definition) is 7. The number of nitrogens with zero attached hydrogens (tertiary/aromatic N) is 4. The molecule has 0 bridgehead atoms. The first-order valence-electron chi connectivity index (χ1n) is 9.67. The third-order valence-electron chi connectivity index (χ3n) is 4.30. The number of aryl methyl sites for hydroxylation is 1. The molecule has 3 aromatic rings. The number of pyridine rings is 2. The first-order valence-corrected chi connectivity index (χ1v) is 9.67. The molecule has 0 atom stereocenters. The van der Waals surface area contributed by atoms with Crippen molar-refractivity contribution in [1.29, 1.82) is 5.41 Å². The Morgan fingerprint density at radius 3 is 2.76 bits per heavy atom. The van der Waals surface area contributed by atoms with Crippen LogP contribution in [0.5, 0.6) is 5.88 Å². The molecule has 0 unspecified atom stereocenters. The fraction of sp³-hybridized carbons (Fsp3) is 0.333. The molecule has 0 saturated carbocycles. The van der Waals surface area contributed by atoms with Crippen LogP contribution in [-0.2, 0) is 13.6 Å². The van der Waals surface area contributed by atoms with Gasteiger partial charge in [0.25, 0.3) is 0 Å². The predicted octanol–water partition coefficient (Wildman–Crippen LogP) is 3.71. The van der Waals surface area contributed by atoms with Gasteiger partial charge in [-0.1, -0.05) is 0 Å². The molecule has 0 fully saturated rings. The highest BCUT2D eigenvalue weighted by molar-refractivity contribution is 6.03. The molecule has 0 aliphatic heterocycles. The Balaban J connectivity index is 2.08. The lowest BCUT2D eigenvalue weighted by atomic mass is 10.1. The van der Waals surface area contributed by atoms with Crippen LogP contribution >= 0.6 is 0 Å². The van der Waals surface area contributed by atoms with Crippen molar-refractivity contribution in [3.8, 4) is 17.1 Å². The lowest BCUT2D eigenvalue weighted by molar-refractivity contribution is 0.328. The Bertz CT molecular complexity index is 996. The summed E-state index contributed by atoms with van der Waals surface area (Å²) in [5.74, 6) is 0.533. The monoisotopic (exact) mass is 393 g/mol. The molecule has 3 heterocycles. The second-order valence-corrected chi connectivity index (χ2v) is 6.60. The van der Waals surface area contributed by atoms with Gasteiger partial charge in [-0.15, -0.1) is 0 Å². The van der Waals surface area contributed by atoms with Crippen molar-refractivity contribution in [2.45, 2.75) is 27.3 Å². The van der Waals surface area contributed by atoms with Gasteiger partial charge in [-0.25, -0.2) is 9.97 Å². The summed E-state index contributed by atoms with van der Waals surface area (Å²) in [6.45, 7) is 7.54. The molecule has 3 aromatic heterocycles. The third kappa shape index (κ3) is 4.71. The molecule has 0 aliphatic carbocycles. The fourth-order valence-electron chi connectivity index (χ4n) is 3.05. The Labute approximate surface area is 170 Å². The smallest absolute Gasteiger partial charge is 0.222 e. The lowest BCUT2D eigenvalue weighted by Gasteiger charge is -2.18. The first kappa shape index (κ1) is 20.3. The van der Waals surface area contributed by atoms with Crippen LogP contribution in [0.15, 0.2) is 36.8 Å². The number of ether oxygens (including phenoxy) is 1. The number of hydrogen-bond donors (Lipinski definition) is 3. The van der Waals surface area contributed by atoms with Gasteiger partial charge in [0.2, 0.25) is 5.88 Å². The van der Waals surface area contributed by atoms with E-state index < -0.39 is 0 Å². The van der Waals surface area contributed by atoms with E-state index in [1.165, 1.54) is 0 Å². The first-order chi connectivity index (χ1) is 14.0. The standard InChI is InChI=1S/C21H27N7O/c1-5-23-20-18(25-11-15-12-26-28(4)13-15)10-17(27-19(20)14(3)22)16-8-7-9-24-21(16)29-6-2/h7-10,12-13,22-23H,5-6,11H2,1-4H3,(H,25,27). The van der Waals surface area contributed by atoms with Gasteiger partial charge >= 0.3 is 0 Å². The minimum absolute atomic E-state index is 0.383. The van der Waals surface area contributed by atoms with Crippen molar-refractivity contribution < 1.29 is 4.74 Å². The van der Waals surface area contributed by atoms with Crippen LogP contribution in [0.4, 0.5) is 11.4 Å². The van der Waals surface area contributed by atoms with Gasteiger partial charge in [0.05, 0.1) is 41.1 Å². The fourth-order valence-corrected chi connectivity index (χ4v) is 3.05. The highest BCUT2D eigenvalue weighted by Gasteiger charge is 2.17. The summed E-state index contributed by atoms with van der Waals surface area (Å²) in [6.07, 6.45) is 5.50. The number of anilines is 2. The average molecular weight is 393 g/mol. The van der Waals surface area contributed by atoms with Crippen molar-refractivity contribution in [3.05, 3.63) is 48.0 Å². The maximum Gasteiger partial charge on any atom is 0.222 e. The maximum absolute atomic E-state index is 8.25. The van der Waals surface area contributed by atoms with E-state index in [4.69, 9.17) is 15.1 Å². The third-order valence-corrected chi connectivity index (χ3v) is 4.30. The van der Waals surface area contributed by atoms with Crippen molar-refractivity contribution >= 4 is 17.1 Å². The van der Waals surface area contributed by atoms with Crippen molar-refractivity contribution in [3.63, 3.8) is 0 Å². The van der Waals surface area contributed by atoms with Crippen LogP contribution in [0.3, 0.4) is 0 Å². The second-order valence-electron chi connectivity index (χ2n) is 6.60. The van der Waals surface area contributed by atoms with Gasteiger partial charge in [0.15, 0.2) is 0 Å². The maximum atomic E-state index is 8.25. The van der Waals surface area contributed by atoms with E-state index in [0.717, 1.165) is 29.0 Å². The summed E-state index contributed by atoms with van der Waals surface area (Å²) in [5, 5.41) is 19.3. The van der Waals surface area contributed by atoms with Crippen molar-refractivity contribution in [1.82, 2.24) is 19.7 Å². The minimum atomic E-state index is 0.383. The molecule has 0 spiro atoms. The van der Waals surface area contributed by atoms with Crippen LogP contribution in [0, 0.1) is 5.41 Å². The topological polar surface area (TPSA) is 101 Å². The molecule has 8 heteroatoms. The molecule has 0 aliphatic rings. The van der Waals surface area contributed by atoms with E-state index in [1.807, 2.05) is 51.5 Å². The lowest BCUT2D eigenvalue weighted by Crippen LogP contribution is -2.12. The molecule has 0 amide bonds. The molecule has 29 heavy (non-hydrogen) atoms. The zero-order valence-electron chi connectivity index (χ0n) is 17.3. The van der Waals surface area contributed by atoms with Gasteiger partial charge in [-0.3, -0.25) is 4.68 Å². The quantitative estimate of drug-likeness (QED) is 0.479. The molecular weight excluding hydrogens is 366 g/mol. The number of nitrogens with one attached hydrogen (secondary N) is 3. The summed E-state index contributed by atoms with van der Waals surface area (Å²) < 4.78 is 7.46. The normalized spacial score (nSPS) is 10.6. The summed E-state index contributed by atoms with van der Waals surface area (Å²) in [4.78, 5) is 9.10. The Kier molecular flexibility index (Phi) is 6.43. The molecular formula is C21H27N7O. The zero-order chi connectivity index (χ0) is 20.8. The van der Waals surface area contributed by atoms with Gasteiger partial charge < -0.3 is 20.8 Å². The van der Waals surface area contributed by atoms with Gasteiger partial charge in [-0.2, -0.15) is 5.10 Å². The van der Waals surface area contributed by atoms with E-state index in [9.17, 15) is 0 Å². The van der Waals surface area contributed by atoms with E-state index in [0.29, 0.717) is 36.1 Å². The Hall–Kier alpha value is -3.42. The molecule has 0 saturated heterocycles. The van der Waals surface area contributed by atoms with Crippen LogP contribution in [0.2, 0.25) is 0 Å². The van der Waals surface area contributed by atoms with Crippen LogP contribution in [0.1, 0.15) is 32.0 Å². The molecule has 8 nitrogen and oxygen atoms in total. The SMILES string of the molecule is CCNc1c(NCc2cnn(C)c2)cc(-c2cccnc2OCC)nc1C(C)=N. The second kappa shape index (κ2) is 9.18. The highest BCUT2D eigenvalue weighted by atomic mass is 16.5. The molecule has 3 rings (SSSR count). The van der Waals surface area contributed by atoms with Gasteiger partial charge in [-0.05, 0) is 39.0 Å².